The first kappa shape index (κ1) is 21.1. The van der Waals surface area contributed by atoms with Crippen LogP contribution in [0.4, 0.5) is 4.39 Å². The van der Waals surface area contributed by atoms with Crippen molar-refractivity contribution < 1.29 is 13.9 Å². The van der Waals surface area contributed by atoms with E-state index >= 15 is 0 Å². The van der Waals surface area contributed by atoms with Gasteiger partial charge in [-0.25, -0.2) is 9.38 Å². The zero-order valence-electron chi connectivity index (χ0n) is 13.1. The molecule has 0 atom stereocenters. The maximum Gasteiger partial charge on any atom is 0.191 e. The highest BCUT2D eigenvalue weighted by molar-refractivity contribution is 14.0. The minimum absolute atomic E-state index is 0. The fourth-order valence-corrected chi connectivity index (χ4v) is 1.59. The lowest BCUT2D eigenvalue weighted by Crippen LogP contribution is -2.39. The van der Waals surface area contributed by atoms with Crippen molar-refractivity contribution >= 4 is 29.9 Å². The Morgan fingerprint density at radius 2 is 1.86 bits per heavy atom. The Morgan fingerprint density at radius 1 is 1.14 bits per heavy atom. The Morgan fingerprint density at radius 3 is 2.50 bits per heavy atom. The van der Waals surface area contributed by atoms with Crippen LogP contribution < -0.4 is 10.6 Å². The number of hydrogen-bond donors (Lipinski definition) is 2. The molecule has 0 aliphatic rings. The number of benzene rings is 1. The molecule has 0 bridgehead atoms. The van der Waals surface area contributed by atoms with Crippen molar-refractivity contribution in [2.75, 3.05) is 40.0 Å². The number of hydrogen-bond acceptors (Lipinski definition) is 3. The fraction of sp³-hybridized carbons (Fsp3) is 0.533. The van der Waals surface area contributed by atoms with Crippen molar-refractivity contribution in [1.29, 1.82) is 0 Å². The van der Waals surface area contributed by atoms with Crippen molar-refractivity contribution in [3.8, 4) is 0 Å². The predicted molar refractivity (Wildman–Crippen MR) is 97.3 cm³/mol. The standard InChI is InChI=1S/C15H24FN3O2.HI/c1-3-17-15(18-8-9-21-11-10-20-2)19-12-13-4-6-14(16)7-5-13;/h4-7H,3,8-12H2,1-2H3,(H2,17,18,19);1H. The topological polar surface area (TPSA) is 54.9 Å². The molecule has 0 amide bonds. The predicted octanol–water partition coefficient (Wildman–Crippen LogP) is 2.16. The van der Waals surface area contributed by atoms with Crippen molar-refractivity contribution in [3.05, 3.63) is 35.6 Å². The second kappa shape index (κ2) is 13.7. The molecule has 0 saturated carbocycles. The van der Waals surface area contributed by atoms with Gasteiger partial charge < -0.3 is 20.1 Å². The zero-order valence-corrected chi connectivity index (χ0v) is 15.4. The molecule has 0 heterocycles. The molecule has 7 heteroatoms. The molecule has 0 aromatic heterocycles. The second-order valence-electron chi connectivity index (χ2n) is 4.35. The number of guanidine groups is 1. The van der Waals surface area contributed by atoms with Gasteiger partial charge in [-0.2, -0.15) is 0 Å². The highest BCUT2D eigenvalue weighted by Crippen LogP contribution is 2.03. The zero-order chi connectivity index (χ0) is 15.3. The van der Waals surface area contributed by atoms with E-state index in [4.69, 9.17) is 9.47 Å². The smallest absolute Gasteiger partial charge is 0.191 e. The molecule has 2 N–H and O–H groups in total. The summed E-state index contributed by atoms with van der Waals surface area (Å²) in [7, 11) is 1.65. The maximum atomic E-state index is 12.8. The van der Waals surface area contributed by atoms with E-state index in [1.54, 1.807) is 19.2 Å². The van der Waals surface area contributed by atoms with Gasteiger partial charge in [-0.15, -0.1) is 24.0 Å². The molecule has 0 aliphatic carbocycles. The van der Waals surface area contributed by atoms with Crippen molar-refractivity contribution in [3.63, 3.8) is 0 Å². The Hall–Kier alpha value is -0.930. The number of nitrogens with one attached hydrogen (secondary N) is 2. The quantitative estimate of drug-likeness (QED) is 0.276. The molecule has 126 valence electrons. The Balaban J connectivity index is 0.00000441. The third kappa shape index (κ3) is 9.91. The van der Waals surface area contributed by atoms with Gasteiger partial charge in [0.05, 0.1) is 26.4 Å². The lowest BCUT2D eigenvalue weighted by molar-refractivity contribution is 0.0733. The highest BCUT2D eigenvalue weighted by atomic mass is 127. The Labute approximate surface area is 148 Å². The first-order chi connectivity index (χ1) is 10.3. The van der Waals surface area contributed by atoms with Crippen LogP contribution in [0.15, 0.2) is 29.3 Å². The van der Waals surface area contributed by atoms with Crippen LogP contribution in [-0.2, 0) is 16.0 Å². The van der Waals surface area contributed by atoms with Gasteiger partial charge in [-0.3, -0.25) is 0 Å². The monoisotopic (exact) mass is 425 g/mol. The van der Waals surface area contributed by atoms with Crippen molar-refractivity contribution in [1.82, 2.24) is 10.6 Å². The summed E-state index contributed by atoms with van der Waals surface area (Å²) in [5.74, 6) is 0.484. The third-order valence-electron chi connectivity index (χ3n) is 2.65. The molecule has 0 aliphatic heterocycles. The van der Waals surface area contributed by atoms with Crippen LogP contribution in [0, 0.1) is 5.82 Å². The fourth-order valence-electron chi connectivity index (χ4n) is 1.59. The molecule has 1 rings (SSSR count). The summed E-state index contributed by atoms with van der Waals surface area (Å²) in [5, 5.41) is 6.33. The molecule has 0 unspecified atom stereocenters. The molecule has 0 radical (unpaired) electrons. The normalized spacial score (nSPS) is 11.0. The van der Waals surface area contributed by atoms with Crippen LogP contribution in [0.25, 0.3) is 0 Å². The van der Waals surface area contributed by atoms with E-state index in [2.05, 4.69) is 15.6 Å². The van der Waals surface area contributed by atoms with Gasteiger partial charge in [0.25, 0.3) is 0 Å². The van der Waals surface area contributed by atoms with E-state index in [-0.39, 0.29) is 29.8 Å². The van der Waals surface area contributed by atoms with Crippen molar-refractivity contribution in [2.24, 2.45) is 4.99 Å². The van der Waals surface area contributed by atoms with E-state index in [1.165, 1.54) is 12.1 Å². The molecule has 5 nitrogen and oxygen atoms in total. The average molecular weight is 425 g/mol. The van der Waals surface area contributed by atoms with Crippen molar-refractivity contribution in [2.45, 2.75) is 13.5 Å². The summed E-state index contributed by atoms with van der Waals surface area (Å²) in [6.07, 6.45) is 0. The first-order valence-electron chi connectivity index (χ1n) is 7.09. The minimum atomic E-state index is -0.235. The van der Waals surface area contributed by atoms with Crippen LogP contribution in [0.3, 0.4) is 0 Å². The molecule has 1 aromatic carbocycles. The SMILES string of the molecule is CCNC(=NCc1ccc(F)cc1)NCCOCCOC.I. The molecular weight excluding hydrogens is 400 g/mol. The van der Waals surface area contributed by atoms with E-state index in [9.17, 15) is 4.39 Å². The molecular formula is C15H25FIN3O2. The maximum absolute atomic E-state index is 12.8. The van der Waals surface area contributed by atoms with Crippen LogP contribution in [0.1, 0.15) is 12.5 Å². The van der Waals surface area contributed by atoms with Gasteiger partial charge >= 0.3 is 0 Å². The lowest BCUT2D eigenvalue weighted by atomic mass is 10.2. The number of aliphatic imine (C=N–C) groups is 1. The summed E-state index contributed by atoms with van der Waals surface area (Å²) in [5.41, 5.74) is 0.963. The lowest BCUT2D eigenvalue weighted by Gasteiger charge is -2.11. The third-order valence-corrected chi connectivity index (χ3v) is 2.65. The second-order valence-corrected chi connectivity index (χ2v) is 4.35. The minimum Gasteiger partial charge on any atom is -0.382 e. The van der Waals surface area contributed by atoms with E-state index in [0.717, 1.165) is 18.1 Å². The summed E-state index contributed by atoms with van der Waals surface area (Å²) in [6, 6.07) is 6.34. The summed E-state index contributed by atoms with van der Waals surface area (Å²) in [6.45, 7) is 5.72. The van der Waals surface area contributed by atoms with Gasteiger partial charge in [0, 0.05) is 20.2 Å². The number of halogens is 2. The van der Waals surface area contributed by atoms with E-state index in [1.807, 2.05) is 6.92 Å². The van der Waals surface area contributed by atoms with E-state index < -0.39 is 0 Å². The largest absolute Gasteiger partial charge is 0.382 e. The number of methoxy groups -OCH3 is 1. The van der Waals surface area contributed by atoms with Gasteiger partial charge in [0.2, 0.25) is 0 Å². The van der Waals surface area contributed by atoms with Gasteiger partial charge in [0.1, 0.15) is 5.82 Å². The van der Waals surface area contributed by atoms with Crippen LogP contribution in [-0.4, -0.2) is 46.0 Å². The van der Waals surface area contributed by atoms with Crippen LogP contribution in [0.5, 0.6) is 0 Å². The molecule has 0 spiro atoms. The molecule has 1 aromatic rings. The first-order valence-corrected chi connectivity index (χ1v) is 7.09. The number of rotatable bonds is 9. The Bertz CT molecular complexity index is 416. The van der Waals surface area contributed by atoms with Crippen LogP contribution >= 0.6 is 24.0 Å². The number of nitrogens with zero attached hydrogens (tertiary/aromatic N) is 1. The summed E-state index contributed by atoms with van der Waals surface area (Å²) >= 11 is 0. The molecule has 0 fully saturated rings. The van der Waals surface area contributed by atoms with Gasteiger partial charge in [0.15, 0.2) is 5.96 Å². The van der Waals surface area contributed by atoms with Gasteiger partial charge in [-0.05, 0) is 24.6 Å². The highest BCUT2D eigenvalue weighted by Gasteiger charge is 1.98. The summed E-state index contributed by atoms with van der Waals surface area (Å²) < 4.78 is 23.1. The number of ether oxygens (including phenoxy) is 2. The van der Waals surface area contributed by atoms with Gasteiger partial charge in [-0.1, -0.05) is 12.1 Å². The molecule has 22 heavy (non-hydrogen) atoms. The van der Waals surface area contributed by atoms with Crippen LogP contribution in [0.2, 0.25) is 0 Å². The van der Waals surface area contributed by atoms with E-state index in [0.29, 0.717) is 32.9 Å². The average Bonchev–Trinajstić information content (AvgIpc) is 2.49. The molecule has 0 saturated heterocycles. The Kier molecular flexibility index (Phi) is 13.1. The summed E-state index contributed by atoms with van der Waals surface area (Å²) in [4.78, 5) is 4.44.